The van der Waals surface area contributed by atoms with Crippen molar-refractivity contribution < 1.29 is 81.7 Å². The van der Waals surface area contributed by atoms with Gasteiger partial charge < -0.3 is 80.6 Å². The van der Waals surface area contributed by atoms with E-state index in [9.17, 15) is 38.4 Å². The van der Waals surface area contributed by atoms with Gasteiger partial charge in [-0.3, -0.25) is 4.79 Å². The van der Waals surface area contributed by atoms with Gasteiger partial charge in [0.25, 0.3) is 0 Å². The third kappa shape index (κ3) is 39.7. The number of carbonyl (C=O) groups excluding carboxylic acids is 7. The van der Waals surface area contributed by atoms with Crippen LogP contribution < -0.4 is 37.2 Å². The molecule has 0 spiro atoms. The van der Waals surface area contributed by atoms with Gasteiger partial charge in [0, 0.05) is 42.3 Å². The molecule has 0 heterocycles. The van der Waals surface area contributed by atoms with Crippen LogP contribution in [0.5, 0.6) is 0 Å². The van der Waals surface area contributed by atoms with E-state index in [1.54, 1.807) is 20.8 Å². The van der Waals surface area contributed by atoms with E-state index in [2.05, 4.69) is 37.2 Å². The molecule has 24 heteroatoms. The van der Waals surface area contributed by atoms with Gasteiger partial charge >= 0.3 is 48.6 Å². The quantitative estimate of drug-likeness (QED) is 0.0499. The number of hydrogen-bond acceptors (Lipinski definition) is 16. The zero-order chi connectivity index (χ0) is 73.7. The number of carboxylic acids is 1. The number of aliphatic carboxylic acids is 1. The van der Waals surface area contributed by atoms with Gasteiger partial charge in [-0.05, 0) is 202 Å². The molecule has 4 aliphatic carbocycles. The molecule has 100 heavy (non-hydrogen) atoms. The van der Waals surface area contributed by atoms with Crippen LogP contribution in [0, 0.1) is 5.92 Å². The lowest BCUT2D eigenvalue weighted by molar-refractivity contribution is -0.143. The van der Waals surface area contributed by atoms with Gasteiger partial charge in [0.2, 0.25) is 0 Å². The smallest absolute Gasteiger partial charge is 0.407 e. The lowest BCUT2D eigenvalue weighted by Gasteiger charge is -2.30. The van der Waals surface area contributed by atoms with Crippen LogP contribution in [0.3, 0.4) is 0 Å². The van der Waals surface area contributed by atoms with Crippen molar-refractivity contribution in [3.05, 3.63) is 144 Å². The molecule has 0 aliphatic heterocycles. The fourth-order valence-electron chi connectivity index (χ4n) is 11.2. The van der Waals surface area contributed by atoms with Crippen LogP contribution in [0.4, 0.5) is 33.6 Å². The number of ether oxygens (including phenoxy) is 7. The minimum Gasteiger partial charge on any atom is -0.481 e. The normalized spacial score (nSPS) is 20.3. The molecule has 0 unspecified atom stereocenters. The number of rotatable bonds is 15. The standard InChI is InChI=1S/3C19H28N2O4.C12H21NO4.C7H8O/c3*1-19(2,3)25-18(23)21-16-11-7-10-15(12-16)20-17(22)24-13-14-8-5-4-6-9-14;1-12(2,3)17-11(16)13-9-6-4-5-8(7-9)10(14)15;8-6-7-4-2-1-3-5-7/h3*4-6,8-9,15-16H,7,10-13H2,1-3H3,(H,20,22)(H,21,23);8-9H,4-7H2,1-3H3,(H,13,16)(H,14,15);1-5,8H,6H2/t3*15-,16+;8-,9+;/m1111./s1. The minimum absolute atomic E-state index is 0.00280. The summed E-state index contributed by atoms with van der Waals surface area (Å²) in [5.41, 5.74) is 1.74. The number of aliphatic hydroxyl groups is 1. The van der Waals surface area contributed by atoms with E-state index in [0.717, 1.165) is 92.9 Å². The maximum atomic E-state index is 12.0. The average Bonchev–Trinajstić information content (AvgIpc) is 0.896. The second-order valence-electron chi connectivity index (χ2n) is 29.4. The van der Waals surface area contributed by atoms with Gasteiger partial charge in [-0.1, -0.05) is 128 Å². The van der Waals surface area contributed by atoms with Crippen LogP contribution in [-0.2, 0) is 64.4 Å². The molecule has 8 rings (SSSR count). The molecule has 554 valence electrons. The van der Waals surface area contributed by atoms with Crippen molar-refractivity contribution in [2.75, 3.05) is 0 Å². The molecule has 4 aliphatic rings. The maximum absolute atomic E-state index is 12.0. The summed E-state index contributed by atoms with van der Waals surface area (Å²) in [7, 11) is 0. The Kier molecular flexibility index (Phi) is 36.0. The lowest BCUT2D eigenvalue weighted by Crippen LogP contribution is -2.47. The molecule has 4 aromatic carbocycles. The number of aliphatic hydroxyl groups excluding tert-OH is 1. The molecule has 0 bridgehead atoms. The van der Waals surface area contributed by atoms with Crippen molar-refractivity contribution in [3.63, 3.8) is 0 Å². The predicted molar refractivity (Wildman–Crippen MR) is 381 cm³/mol. The zero-order valence-corrected chi connectivity index (χ0v) is 60.8. The van der Waals surface area contributed by atoms with Gasteiger partial charge in [-0.15, -0.1) is 0 Å². The maximum Gasteiger partial charge on any atom is 0.407 e. The van der Waals surface area contributed by atoms with E-state index in [0.29, 0.717) is 32.1 Å². The molecule has 0 aromatic heterocycles. The van der Waals surface area contributed by atoms with Gasteiger partial charge in [-0.2, -0.15) is 0 Å². The lowest BCUT2D eigenvalue weighted by atomic mass is 9.86. The Bertz CT molecular complexity index is 2820. The van der Waals surface area contributed by atoms with E-state index in [4.69, 9.17) is 43.4 Å². The monoisotopic (exact) mass is 1400 g/mol. The summed E-state index contributed by atoms with van der Waals surface area (Å²) in [6.07, 6.45) is 10.0. The van der Waals surface area contributed by atoms with Gasteiger partial charge in [-0.25, -0.2) is 33.6 Å². The van der Waals surface area contributed by atoms with E-state index in [1.165, 1.54) is 0 Å². The van der Waals surface area contributed by atoms with Gasteiger partial charge in [0.15, 0.2) is 0 Å². The number of carboxylic acid groups (broad SMARTS) is 1. The molecule has 4 saturated carbocycles. The number of hydrogen-bond donors (Lipinski definition) is 9. The number of nitrogens with one attached hydrogen (secondary N) is 7. The number of benzene rings is 4. The van der Waals surface area contributed by atoms with E-state index in [1.807, 2.05) is 184 Å². The van der Waals surface area contributed by atoms with Crippen molar-refractivity contribution >= 4 is 48.6 Å². The average molecular weight is 1400 g/mol. The number of carbonyl (C=O) groups is 8. The summed E-state index contributed by atoms with van der Waals surface area (Å²) >= 11 is 0. The topological polar surface area (TPSA) is 326 Å². The number of alkyl carbamates (subject to hydrolysis) is 7. The Hall–Kier alpha value is -8.80. The zero-order valence-electron chi connectivity index (χ0n) is 60.8. The largest absolute Gasteiger partial charge is 0.481 e. The third-order valence-electron chi connectivity index (χ3n) is 15.6. The summed E-state index contributed by atoms with van der Waals surface area (Å²) in [5, 5.41) is 37.5. The minimum atomic E-state index is -0.777. The molecule has 7 amide bonds. The molecule has 0 saturated heterocycles. The second-order valence-corrected chi connectivity index (χ2v) is 29.4. The first-order chi connectivity index (χ1) is 47.2. The first-order valence-electron chi connectivity index (χ1n) is 34.9. The summed E-state index contributed by atoms with van der Waals surface area (Å²) in [6, 6.07) is 38.1. The van der Waals surface area contributed by atoms with Crippen LogP contribution in [0.25, 0.3) is 0 Å². The van der Waals surface area contributed by atoms with Crippen LogP contribution in [0.1, 0.15) is 208 Å². The molecule has 0 radical (unpaired) electrons. The highest BCUT2D eigenvalue weighted by molar-refractivity contribution is 5.72. The molecule has 9 N–H and O–H groups in total. The molecule has 8 atom stereocenters. The summed E-state index contributed by atoms with van der Waals surface area (Å²) in [4.78, 5) is 93.9. The van der Waals surface area contributed by atoms with E-state index in [-0.39, 0.29) is 74.6 Å². The fourth-order valence-corrected chi connectivity index (χ4v) is 11.2. The van der Waals surface area contributed by atoms with Crippen molar-refractivity contribution in [2.45, 2.75) is 277 Å². The van der Waals surface area contributed by atoms with Gasteiger partial charge in [0.1, 0.15) is 42.2 Å². The Morgan fingerprint density at radius 2 is 0.530 bits per heavy atom. The summed E-state index contributed by atoms with van der Waals surface area (Å²) in [5.74, 6) is -1.12. The highest BCUT2D eigenvalue weighted by atomic mass is 16.6. The first kappa shape index (κ1) is 83.6. The van der Waals surface area contributed by atoms with Gasteiger partial charge in [0.05, 0.1) is 12.5 Å². The van der Waals surface area contributed by atoms with E-state index < -0.39 is 71.0 Å². The van der Waals surface area contributed by atoms with Crippen LogP contribution >= 0.6 is 0 Å². The molecule has 4 aromatic rings. The molecule has 24 nitrogen and oxygen atoms in total. The van der Waals surface area contributed by atoms with Crippen LogP contribution in [0.2, 0.25) is 0 Å². The molecular weight excluding hydrogens is 1280 g/mol. The van der Waals surface area contributed by atoms with Crippen molar-refractivity contribution in [2.24, 2.45) is 5.92 Å². The Labute approximate surface area is 591 Å². The number of amides is 7. The van der Waals surface area contributed by atoms with Crippen molar-refractivity contribution in [1.29, 1.82) is 0 Å². The SMILES string of the molecule is CC(C)(C)OC(=O)N[C@H]1CCC[C@@H](C(=O)O)C1.CC(C)(C)OC(=O)N[C@H]1CCC[C@@H](NC(=O)OCc2ccccc2)C1.CC(C)(C)OC(=O)N[C@H]1CCC[C@@H](NC(=O)OCc2ccccc2)C1.CC(C)(C)OC(=O)N[C@H]1CCC[C@@H](NC(=O)OCc2ccccc2)C1.OCc1ccccc1. The van der Waals surface area contributed by atoms with E-state index >= 15 is 0 Å². The summed E-state index contributed by atoms with van der Waals surface area (Å²) < 4.78 is 36.7. The second kappa shape index (κ2) is 43.0. The molecule has 4 fully saturated rings. The highest BCUT2D eigenvalue weighted by Crippen LogP contribution is 2.26. The highest BCUT2D eigenvalue weighted by Gasteiger charge is 2.32. The third-order valence-corrected chi connectivity index (χ3v) is 15.6. The van der Waals surface area contributed by atoms with Crippen molar-refractivity contribution in [1.82, 2.24) is 37.2 Å². The fraction of sp³-hybridized carbons (Fsp3) is 0.579. The summed E-state index contributed by atoms with van der Waals surface area (Å²) in [6.45, 7) is 22.8. The van der Waals surface area contributed by atoms with Crippen molar-refractivity contribution in [3.8, 4) is 0 Å². The molecular formula is C76H113N7O17. The Morgan fingerprint density at radius 3 is 0.740 bits per heavy atom. The van der Waals surface area contributed by atoms with Crippen LogP contribution in [0.15, 0.2) is 121 Å². The Morgan fingerprint density at radius 1 is 0.320 bits per heavy atom. The Balaban J connectivity index is 0.000000274. The van der Waals surface area contributed by atoms with Crippen LogP contribution in [-0.4, -0.2) is 124 Å². The predicted octanol–water partition coefficient (Wildman–Crippen LogP) is 14.6. The first-order valence-corrected chi connectivity index (χ1v) is 34.9.